The SMILES string of the molecule is C[Si]1(C)c2ccccc2-c2ccc(-c3ccc([Si](c4ccccc4)(c4ccccc4)c4cccc5c4c4ccccc4n5-c4ccccc4)cc3)cc21. The van der Waals surface area contributed by atoms with Gasteiger partial charge in [-0.3, -0.25) is 0 Å². The summed E-state index contributed by atoms with van der Waals surface area (Å²) in [6.07, 6.45) is 0. The summed E-state index contributed by atoms with van der Waals surface area (Å²) in [7, 11) is -4.67. The van der Waals surface area contributed by atoms with Crippen molar-refractivity contribution in [3.05, 3.63) is 200 Å². The fraction of sp³-hybridized carbons (Fsp3) is 0.0400. The quantitative estimate of drug-likeness (QED) is 0.120. The first-order chi connectivity index (χ1) is 26.1. The lowest BCUT2D eigenvalue weighted by Gasteiger charge is -2.35. The van der Waals surface area contributed by atoms with Crippen LogP contribution < -0.4 is 31.1 Å². The minimum Gasteiger partial charge on any atom is -0.309 e. The first-order valence-corrected chi connectivity index (χ1v) is 23.6. The molecule has 0 aliphatic carbocycles. The molecule has 252 valence electrons. The average molecular weight is 710 g/mol. The number of fused-ring (bicyclic) bond motifs is 6. The van der Waals surface area contributed by atoms with Gasteiger partial charge < -0.3 is 4.57 Å². The maximum Gasteiger partial charge on any atom is 0.180 e. The maximum absolute atomic E-state index is 2.88. The van der Waals surface area contributed by atoms with Crippen molar-refractivity contribution < 1.29 is 0 Å². The van der Waals surface area contributed by atoms with Crippen molar-refractivity contribution in [1.29, 1.82) is 0 Å². The van der Waals surface area contributed by atoms with E-state index in [-0.39, 0.29) is 0 Å². The summed E-state index contributed by atoms with van der Waals surface area (Å²) in [5.74, 6) is 0. The van der Waals surface area contributed by atoms with E-state index < -0.39 is 16.1 Å². The van der Waals surface area contributed by atoms with Gasteiger partial charge in [0.1, 0.15) is 8.07 Å². The van der Waals surface area contributed by atoms with Crippen LogP contribution in [-0.4, -0.2) is 20.7 Å². The Morgan fingerprint density at radius 3 is 1.68 bits per heavy atom. The Kier molecular flexibility index (Phi) is 7.36. The van der Waals surface area contributed by atoms with Gasteiger partial charge in [-0.1, -0.05) is 189 Å². The van der Waals surface area contributed by atoms with Crippen LogP contribution in [0.3, 0.4) is 0 Å². The number of rotatable bonds is 6. The Bertz CT molecular complexity index is 2740. The number of aromatic nitrogens is 1. The van der Waals surface area contributed by atoms with Gasteiger partial charge in [0.15, 0.2) is 8.07 Å². The molecule has 3 heteroatoms. The average Bonchev–Trinajstić information content (AvgIpc) is 3.68. The third-order valence-electron chi connectivity index (χ3n) is 11.8. The largest absolute Gasteiger partial charge is 0.309 e. The highest BCUT2D eigenvalue weighted by molar-refractivity contribution is 7.20. The topological polar surface area (TPSA) is 4.93 Å². The molecular weight excluding hydrogens is 671 g/mol. The van der Waals surface area contributed by atoms with Crippen molar-refractivity contribution in [1.82, 2.24) is 4.57 Å². The zero-order valence-corrected chi connectivity index (χ0v) is 32.0. The van der Waals surface area contributed by atoms with Crippen molar-refractivity contribution in [3.63, 3.8) is 0 Å². The molecular formula is C50H39NSi2. The molecule has 0 amide bonds. The smallest absolute Gasteiger partial charge is 0.180 e. The van der Waals surface area contributed by atoms with Crippen LogP contribution in [0.2, 0.25) is 13.1 Å². The molecule has 1 aliphatic heterocycles. The molecule has 8 aromatic carbocycles. The predicted octanol–water partition coefficient (Wildman–Crippen LogP) is 8.63. The molecule has 9 aromatic rings. The van der Waals surface area contributed by atoms with Crippen LogP contribution in [0.5, 0.6) is 0 Å². The second-order valence-corrected chi connectivity index (χ2v) is 23.0. The number of hydrogen-bond acceptors (Lipinski definition) is 0. The molecule has 1 nitrogen and oxygen atoms in total. The van der Waals surface area contributed by atoms with Crippen LogP contribution in [0.15, 0.2) is 200 Å². The summed E-state index contributed by atoms with van der Waals surface area (Å²) in [4.78, 5) is 0. The Balaban J connectivity index is 1.23. The first kappa shape index (κ1) is 31.7. The Labute approximate surface area is 313 Å². The number of nitrogens with zero attached hydrogens (tertiary/aromatic N) is 1. The van der Waals surface area contributed by atoms with Gasteiger partial charge in [0.2, 0.25) is 0 Å². The molecule has 2 heterocycles. The van der Waals surface area contributed by atoms with Crippen molar-refractivity contribution >= 4 is 69.1 Å². The van der Waals surface area contributed by atoms with Crippen molar-refractivity contribution in [2.45, 2.75) is 13.1 Å². The van der Waals surface area contributed by atoms with E-state index >= 15 is 0 Å². The summed E-state index contributed by atoms with van der Waals surface area (Å²) < 4.78 is 2.45. The third-order valence-corrected chi connectivity index (χ3v) is 20.1. The maximum atomic E-state index is 2.50. The van der Waals surface area contributed by atoms with E-state index in [0.717, 1.165) is 0 Å². The van der Waals surface area contributed by atoms with E-state index in [9.17, 15) is 0 Å². The highest BCUT2D eigenvalue weighted by Crippen LogP contribution is 2.34. The van der Waals surface area contributed by atoms with Crippen LogP contribution in [0.25, 0.3) is 49.7 Å². The number of hydrogen-bond donors (Lipinski definition) is 0. The third kappa shape index (κ3) is 4.74. The normalized spacial score (nSPS) is 13.2. The lowest BCUT2D eigenvalue weighted by molar-refractivity contribution is 1.18. The molecule has 0 radical (unpaired) electrons. The molecule has 0 bridgehead atoms. The molecule has 1 aromatic heterocycles. The molecule has 0 N–H and O–H groups in total. The molecule has 0 spiro atoms. The molecule has 0 saturated carbocycles. The summed E-state index contributed by atoms with van der Waals surface area (Å²) in [6.45, 7) is 5.00. The van der Waals surface area contributed by atoms with Gasteiger partial charge >= 0.3 is 0 Å². The van der Waals surface area contributed by atoms with E-state index in [1.807, 2.05) is 0 Å². The molecule has 0 atom stereocenters. The molecule has 0 fully saturated rings. The minimum absolute atomic E-state index is 1.18. The number of para-hydroxylation sites is 2. The minimum atomic E-state index is -2.88. The van der Waals surface area contributed by atoms with E-state index in [4.69, 9.17) is 0 Å². The van der Waals surface area contributed by atoms with Crippen molar-refractivity contribution in [3.8, 4) is 27.9 Å². The summed E-state index contributed by atoms with van der Waals surface area (Å²) >= 11 is 0. The molecule has 10 rings (SSSR count). The van der Waals surface area contributed by atoms with Crippen LogP contribution in [0.4, 0.5) is 0 Å². The van der Waals surface area contributed by atoms with E-state index in [1.165, 1.54) is 70.5 Å². The van der Waals surface area contributed by atoms with Crippen LogP contribution in [0, 0.1) is 0 Å². The van der Waals surface area contributed by atoms with Gasteiger partial charge in [-0.15, -0.1) is 0 Å². The van der Waals surface area contributed by atoms with Gasteiger partial charge in [0.25, 0.3) is 0 Å². The molecule has 0 saturated heterocycles. The monoisotopic (exact) mass is 709 g/mol. The van der Waals surface area contributed by atoms with Gasteiger partial charge in [0.05, 0.1) is 11.0 Å². The van der Waals surface area contributed by atoms with Crippen LogP contribution in [0.1, 0.15) is 0 Å². The fourth-order valence-electron chi connectivity index (χ4n) is 9.33. The van der Waals surface area contributed by atoms with Crippen LogP contribution in [-0.2, 0) is 0 Å². The Morgan fingerprint density at radius 2 is 0.962 bits per heavy atom. The zero-order valence-electron chi connectivity index (χ0n) is 30.0. The van der Waals surface area contributed by atoms with Gasteiger partial charge in [-0.2, -0.15) is 0 Å². The highest BCUT2D eigenvalue weighted by atomic mass is 28.3. The Hall–Kier alpha value is -6.01. The molecule has 53 heavy (non-hydrogen) atoms. The van der Waals surface area contributed by atoms with Crippen molar-refractivity contribution in [2.24, 2.45) is 0 Å². The van der Waals surface area contributed by atoms with Crippen molar-refractivity contribution in [2.75, 3.05) is 0 Å². The standard InChI is InChI=1S/C50H39NSi2/c1-52(2)47-27-15-13-23-42(47)43-34-31-37(35-49(43)52)36-29-32-41(33-30-36)53(39-19-8-4-9-20-39,40-21-10-5-11-22-40)48-28-16-26-46-50(48)44-24-12-14-25-45(44)51(46)38-17-6-3-7-18-38/h3-35H,1-2H3. The molecule has 1 aliphatic rings. The second-order valence-electron chi connectivity index (χ2n) is 14.9. The fourth-order valence-corrected chi connectivity index (χ4v) is 17.4. The zero-order chi connectivity index (χ0) is 35.6. The van der Waals surface area contributed by atoms with Gasteiger partial charge in [-0.25, -0.2) is 0 Å². The summed E-state index contributed by atoms with van der Waals surface area (Å²) in [6, 6.07) is 75.3. The van der Waals surface area contributed by atoms with E-state index in [2.05, 4.69) is 218 Å². The second kappa shape index (κ2) is 12.3. The van der Waals surface area contributed by atoms with Gasteiger partial charge in [-0.05, 0) is 77.6 Å². The lowest BCUT2D eigenvalue weighted by Crippen LogP contribution is -2.74. The summed E-state index contributed by atoms with van der Waals surface area (Å²) in [5.41, 5.74) is 9.04. The van der Waals surface area contributed by atoms with Crippen LogP contribution >= 0.6 is 0 Å². The highest BCUT2D eigenvalue weighted by Gasteiger charge is 2.43. The van der Waals surface area contributed by atoms with E-state index in [0.29, 0.717) is 0 Å². The first-order valence-electron chi connectivity index (χ1n) is 18.6. The number of benzene rings is 8. The van der Waals surface area contributed by atoms with Gasteiger partial charge in [0, 0.05) is 16.5 Å². The Morgan fingerprint density at radius 1 is 0.415 bits per heavy atom. The van der Waals surface area contributed by atoms with E-state index in [1.54, 1.807) is 10.4 Å². The molecule has 0 unspecified atom stereocenters. The predicted molar refractivity (Wildman–Crippen MR) is 232 cm³/mol. The lowest BCUT2D eigenvalue weighted by atomic mass is 10.0. The summed E-state index contributed by atoms with van der Waals surface area (Å²) in [5, 5.41) is 11.3.